The molecule has 2 atom stereocenters. The molecule has 3 aliphatic rings. The number of ether oxygens (including phenoxy) is 2. The van der Waals surface area contributed by atoms with E-state index in [1.807, 2.05) is 0 Å². The van der Waals surface area contributed by atoms with Crippen LogP contribution in [0.2, 0.25) is 0 Å². The van der Waals surface area contributed by atoms with E-state index < -0.39 is 0 Å². The Morgan fingerprint density at radius 2 is 1.72 bits per heavy atom. The highest BCUT2D eigenvalue weighted by Gasteiger charge is 2.31. The van der Waals surface area contributed by atoms with Gasteiger partial charge in [-0.05, 0) is 50.9 Å². The Labute approximate surface area is 195 Å². The Hall–Kier alpha value is -0.120. The highest BCUT2D eigenvalue weighted by molar-refractivity contribution is 14.0. The molecule has 2 heterocycles. The zero-order chi connectivity index (χ0) is 19.8. The van der Waals surface area contributed by atoms with E-state index in [4.69, 9.17) is 14.5 Å². The maximum absolute atomic E-state index is 5.70. The van der Waals surface area contributed by atoms with E-state index in [1.165, 1.54) is 25.7 Å². The Kier molecular flexibility index (Phi) is 11.6. The summed E-state index contributed by atoms with van der Waals surface area (Å²) in [5, 5.41) is 7.21. The lowest BCUT2D eigenvalue weighted by Crippen LogP contribution is -2.50. The third kappa shape index (κ3) is 7.82. The highest BCUT2D eigenvalue weighted by Crippen LogP contribution is 2.29. The first-order chi connectivity index (χ1) is 13.7. The summed E-state index contributed by atoms with van der Waals surface area (Å²) in [6.07, 6.45) is 6.35. The van der Waals surface area contributed by atoms with Crippen LogP contribution in [0.15, 0.2) is 4.99 Å². The van der Waals surface area contributed by atoms with Crippen molar-refractivity contribution >= 4 is 29.9 Å². The largest absolute Gasteiger partial charge is 0.381 e. The van der Waals surface area contributed by atoms with Crippen molar-refractivity contribution < 1.29 is 9.47 Å². The SMILES string of the molecule is CCNC(=NCC(C1CCOC1)N1CCOCC1)NC1CCC(C(C)C)CC1.I. The van der Waals surface area contributed by atoms with E-state index in [1.54, 1.807) is 0 Å². The van der Waals surface area contributed by atoms with E-state index in [-0.39, 0.29) is 24.0 Å². The topological polar surface area (TPSA) is 58.1 Å². The van der Waals surface area contributed by atoms with Gasteiger partial charge in [0.15, 0.2) is 5.96 Å². The van der Waals surface area contributed by atoms with Gasteiger partial charge in [-0.3, -0.25) is 9.89 Å². The van der Waals surface area contributed by atoms with Crippen LogP contribution in [0.4, 0.5) is 0 Å². The van der Waals surface area contributed by atoms with E-state index in [2.05, 4.69) is 36.3 Å². The van der Waals surface area contributed by atoms with Gasteiger partial charge in [0.2, 0.25) is 0 Å². The molecule has 2 unspecified atom stereocenters. The lowest BCUT2D eigenvalue weighted by molar-refractivity contribution is 0.00368. The third-order valence-corrected chi connectivity index (χ3v) is 6.86. The van der Waals surface area contributed by atoms with Crippen LogP contribution in [0.5, 0.6) is 0 Å². The highest BCUT2D eigenvalue weighted by atomic mass is 127. The van der Waals surface area contributed by atoms with Crippen LogP contribution < -0.4 is 10.6 Å². The average molecular weight is 523 g/mol. The average Bonchev–Trinajstić information content (AvgIpc) is 3.24. The number of guanidine groups is 1. The van der Waals surface area contributed by atoms with Gasteiger partial charge in [0.1, 0.15) is 0 Å². The van der Waals surface area contributed by atoms with Gasteiger partial charge < -0.3 is 20.1 Å². The maximum Gasteiger partial charge on any atom is 0.191 e. The summed E-state index contributed by atoms with van der Waals surface area (Å²) in [6.45, 7) is 14.1. The summed E-state index contributed by atoms with van der Waals surface area (Å²) >= 11 is 0. The van der Waals surface area contributed by atoms with Gasteiger partial charge in [-0.1, -0.05) is 13.8 Å². The number of nitrogens with one attached hydrogen (secondary N) is 2. The summed E-state index contributed by atoms with van der Waals surface area (Å²) in [7, 11) is 0. The van der Waals surface area contributed by atoms with Crippen molar-refractivity contribution in [3.05, 3.63) is 0 Å². The summed E-state index contributed by atoms with van der Waals surface area (Å²) in [6, 6.07) is 1.02. The molecule has 0 radical (unpaired) electrons. The molecular formula is C22H43IN4O2. The van der Waals surface area contributed by atoms with Gasteiger partial charge in [-0.15, -0.1) is 24.0 Å². The fourth-order valence-electron chi connectivity index (χ4n) is 4.96. The quantitative estimate of drug-likeness (QED) is 0.306. The molecule has 3 fully saturated rings. The molecule has 1 aliphatic carbocycles. The van der Waals surface area contributed by atoms with Crippen LogP contribution in [-0.2, 0) is 9.47 Å². The minimum atomic E-state index is 0. The minimum Gasteiger partial charge on any atom is -0.381 e. The van der Waals surface area contributed by atoms with Crippen molar-refractivity contribution in [3.63, 3.8) is 0 Å². The molecule has 0 amide bonds. The Morgan fingerprint density at radius 1 is 1.00 bits per heavy atom. The fourth-order valence-corrected chi connectivity index (χ4v) is 4.96. The predicted molar refractivity (Wildman–Crippen MR) is 130 cm³/mol. The minimum absolute atomic E-state index is 0. The molecule has 170 valence electrons. The molecule has 0 bridgehead atoms. The normalized spacial score (nSPS) is 30.1. The molecule has 2 N–H and O–H groups in total. The summed E-state index contributed by atoms with van der Waals surface area (Å²) in [5.41, 5.74) is 0. The zero-order valence-corrected chi connectivity index (χ0v) is 21.0. The smallest absolute Gasteiger partial charge is 0.191 e. The van der Waals surface area contributed by atoms with Crippen molar-refractivity contribution in [3.8, 4) is 0 Å². The van der Waals surface area contributed by atoms with Gasteiger partial charge in [0.25, 0.3) is 0 Å². The van der Waals surface area contributed by atoms with Gasteiger partial charge in [-0.25, -0.2) is 0 Å². The molecule has 0 aromatic rings. The van der Waals surface area contributed by atoms with Crippen molar-refractivity contribution in [2.24, 2.45) is 22.7 Å². The van der Waals surface area contributed by atoms with Crippen molar-refractivity contribution in [2.75, 3.05) is 52.6 Å². The second-order valence-corrected chi connectivity index (χ2v) is 9.06. The lowest BCUT2D eigenvalue weighted by Gasteiger charge is -2.37. The lowest BCUT2D eigenvalue weighted by atomic mass is 9.80. The molecule has 3 rings (SSSR count). The first-order valence-electron chi connectivity index (χ1n) is 11.6. The van der Waals surface area contributed by atoms with Crippen LogP contribution in [0.3, 0.4) is 0 Å². The summed E-state index contributed by atoms with van der Waals surface area (Å²) in [5.74, 6) is 3.29. The van der Waals surface area contributed by atoms with E-state index >= 15 is 0 Å². The fraction of sp³-hybridized carbons (Fsp3) is 0.955. The van der Waals surface area contributed by atoms with Crippen molar-refractivity contribution in [1.29, 1.82) is 0 Å². The third-order valence-electron chi connectivity index (χ3n) is 6.86. The number of hydrogen-bond donors (Lipinski definition) is 2. The van der Waals surface area contributed by atoms with Gasteiger partial charge in [-0.2, -0.15) is 0 Å². The number of aliphatic imine (C=N–C) groups is 1. The molecule has 0 aromatic carbocycles. The molecule has 2 saturated heterocycles. The molecule has 7 heteroatoms. The first kappa shape index (κ1) is 25.1. The number of morpholine rings is 1. The number of rotatable bonds is 7. The molecule has 6 nitrogen and oxygen atoms in total. The predicted octanol–water partition coefficient (Wildman–Crippen LogP) is 3.11. The molecule has 2 aliphatic heterocycles. The van der Waals surface area contributed by atoms with Crippen LogP contribution in [0, 0.1) is 17.8 Å². The van der Waals surface area contributed by atoms with Crippen molar-refractivity contribution in [2.45, 2.75) is 65.0 Å². The molecule has 1 saturated carbocycles. The standard InChI is InChI=1S/C22H42N4O2.HI/c1-4-23-22(25-20-7-5-18(6-8-20)17(2)3)24-15-21(19-9-12-28-16-19)26-10-13-27-14-11-26;/h17-21H,4-16H2,1-3H3,(H2,23,24,25);1H. The van der Waals surface area contributed by atoms with E-state index in [9.17, 15) is 0 Å². The zero-order valence-electron chi connectivity index (χ0n) is 18.7. The van der Waals surface area contributed by atoms with E-state index in [0.29, 0.717) is 18.0 Å². The van der Waals surface area contributed by atoms with E-state index in [0.717, 1.165) is 76.8 Å². The first-order valence-corrected chi connectivity index (χ1v) is 11.6. The summed E-state index contributed by atoms with van der Waals surface area (Å²) in [4.78, 5) is 7.61. The van der Waals surface area contributed by atoms with Crippen LogP contribution in [0.25, 0.3) is 0 Å². The van der Waals surface area contributed by atoms with Crippen LogP contribution >= 0.6 is 24.0 Å². The molecule has 29 heavy (non-hydrogen) atoms. The molecule has 0 spiro atoms. The second kappa shape index (κ2) is 13.3. The molecular weight excluding hydrogens is 479 g/mol. The van der Waals surface area contributed by atoms with Crippen molar-refractivity contribution in [1.82, 2.24) is 15.5 Å². The maximum atomic E-state index is 5.70. The van der Waals surface area contributed by atoms with Gasteiger partial charge in [0, 0.05) is 44.2 Å². The molecule has 0 aromatic heterocycles. The number of halogens is 1. The number of nitrogens with zero attached hydrogens (tertiary/aromatic N) is 2. The van der Waals surface area contributed by atoms with Gasteiger partial charge in [0.05, 0.1) is 26.4 Å². The monoisotopic (exact) mass is 522 g/mol. The Morgan fingerprint density at radius 3 is 2.31 bits per heavy atom. The summed E-state index contributed by atoms with van der Waals surface area (Å²) < 4.78 is 11.3. The van der Waals surface area contributed by atoms with Crippen LogP contribution in [-0.4, -0.2) is 75.5 Å². The number of hydrogen-bond acceptors (Lipinski definition) is 4. The Balaban J connectivity index is 0.00000300. The second-order valence-electron chi connectivity index (χ2n) is 9.06. The Bertz CT molecular complexity index is 471. The van der Waals surface area contributed by atoms with Crippen LogP contribution in [0.1, 0.15) is 52.9 Å². The van der Waals surface area contributed by atoms with Gasteiger partial charge >= 0.3 is 0 Å².